The molecule has 2 aromatic carbocycles. The van der Waals surface area contributed by atoms with E-state index >= 15 is 0 Å². The summed E-state index contributed by atoms with van der Waals surface area (Å²) in [6, 6.07) is 7.29. The molecule has 5 atom stereocenters. The summed E-state index contributed by atoms with van der Waals surface area (Å²) in [7, 11) is 0. The highest BCUT2D eigenvalue weighted by Gasteiger charge is 2.30. The van der Waals surface area contributed by atoms with Crippen LogP contribution in [0.25, 0.3) is 0 Å². The van der Waals surface area contributed by atoms with E-state index in [4.69, 9.17) is 17.3 Å². The predicted molar refractivity (Wildman–Crippen MR) is 366 cm³/mol. The number of carboxylic acids is 8. The molecule has 0 aliphatic carbocycles. The molecular formula is C63H93IN12O21S. The fourth-order valence-electron chi connectivity index (χ4n) is 10.5. The quantitative estimate of drug-likeness (QED) is 0.0251. The Kier molecular flexibility index (Phi) is 40.0. The maximum absolute atomic E-state index is 13.8. The van der Waals surface area contributed by atoms with Crippen LogP contribution in [0.1, 0.15) is 114 Å². The first-order chi connectivity index (χ1) is 46.5. The maximum atomic E-state index is 13.8. The standard InChI is InChI=1S/C63H93IN12O21S/c64-43-17-13-42(14-18-43)35-52(79)66-26-8-6-11-47(59(91)92)70-58(90)46(69-51(78)12-4-2-1-3-7-25-65-50(77)23-21-48(60(93)94)71-62(97)72-49(61(95)96)22-24-53(80)81)10-5-9-27-67-63(98)68-44-19-15-41(16-20-44)34-45-36-75(39-56(86)87)31-30-73(37-54(82)83)28-29-74(38-55(84)85)32-33-76(45)40-57(88)89/h13-20,45-49H,1-12,21-40H2,(H,65,77)(H,66,79)(H,69,78)(H,70,90)(H,80,81)(H,82,83)(H,84,85)(H,86,87)(H,88,89)(H,91,92)(H,93,94)(H,95,96)(H2,67,68,98)(H2,71,72,97)/t45?,46-,47-,48-,49-/m0/s1. The van der Waals surface area contributed by atoms with Crippen molar-refractivity contribution in [3.05, 3.63) is 63.2 Å². The van der Waals surface area contributed by atoms with Crippen molar-refractivity contribution in [2.45, 2.75) is 146 Å². The van der Waals surface area contributed by atoms with E-state index in [9.17, 15) is 98.1 Å². The van der Waals surface area contributed by atoms with Gasteiger partial charge >= 0.3 is 53.8 Å². The van der Waals surface area contributed by atoms with Crippen molar-refractivity contribution < 1.29 is 103 Å². The van der Waals surface area contributed by atoms with Crippen LogP contribution in [0, 0.1) is 3.57 Å². The molecular weight excluding hydrogens is 1420 g/mol. The number of carbonyl (C=O) groups excluding carboxylic acids is 5. The number of aliphatic carboxylic acids is 8. The Balaban J connectivity index is 1.58. The second kappa shape index (κ2) is 46.8. The van der Waals surface area contributed by atoms with Crippen LogP contribution in [0.2, 0.25) is 0 Å². The van der Waals surface area contributed by atoms with Gasteiger partial charge in [-0.2, -0.15) is 0 Å². The molecule has 1 aliphatic rings. The highest BCUT2D eigenvalue weighted by atomic mass is 127. The van der Waals surface area contributed by atoms with Crippen molar-refractivity contribution in [3.8, 4) is 0 Å². The summed E-state index contributed by atoms with van der Waals surface area (Å²) in [6.07, 6.45) is 3.49. The Morgan fingerprint density at radius 3 is 1.45 bits per heavy atom. The molecule has 98 heavy (non-hydrogen) atoms. The third-order valence-corrected chi connectivity index (χ3v) is 16.6. The summed E-state index contributed by atoms with van der Waals surface area (Å²) < 4.78 is 1.03. The van der Waals surface area contributed by atoms with Crippen molar-refractivity contribution in [3.63, 3.8) is 0 Å². The monoisotopic (exact) mass is 1510 g/mol. The van der Waals surface area contributed by atoms with Crippen molar-refractivity contribution >= 4 is 123 Å². The molecule has 1 unspecified atom stereocenters. The van der Waals surface area contributed by atoms with Gasteiger partial charge in [0.05, 0.1) is 32.6 Å². The van der Waals surface area contributed by atoms with Gasteiger partial charge in [-0.05, 0) is 141 Å². The number of rotatable bonds is 45. The lowest BCUT2D eigenvalue weighted by Gasteiger charge is -2.37. The molecule has 0 spiro atoms. The van der Waals surface area contributed by atoms with Gasteiger partial charge in [0.25, 0.3) is 0 Å². The van der Waals surface area contributed by atoms with Crippen LogP contribution in [0.3, 0.4) is 0 Å². The first-order valence-electron chi connectivity index (χ1n) is 32.3. The number of unbranched alkanes of at least 4 members (excludes halogenated alkanes) is 6. The minimum absolute atomic E-state index is 0.0392. The van der Waals surface area contributed by atoms with E-state index in [-0.39, 0.29) is 128 Å². The number of hydrogen-bond acceptors (Lipinski definition) is 18. The smallest absolute Gasteiger partial charge is 0.326 e. The van der Waals surface area contributed by atoms with Crippen molar-refractivity contribution in [2.75, 3.05) is 96.9 Å². The number of anilines is 1. The van der Waals surface area contributed by atoms with Crippen molar-refractivity contribution in [1.29, 1.82) is 0 Å². The number of carbonyl (C=O) groups is 13. The molecule has 2 aromatic rings. The molecule has 0 radical (unpaired) electrons. The summed E-state index contributed by atoms with van der Waals surface area (Å²) >= 11 is 7.75. The molecule has 1 aliphatic heterocycles. The minimum atomic E-state index is -1.59. The Morgan fingerprint density at radius 1 is 0.439 bits per heavy atom. The minimum Gasteiger partial charge on any atom is -0.481 e. The van der Waals surface area contributed by atoms with Gasteiger partial charge in [-0.1, -0.05) is 43.5 Å². The van der Waals surface area contributed by atoms with E-state index in [2.05, 4.69) is 59.8 Å². The number of thiocarbonyl (C=S) groups is 1. The van der Waals surface area contributed by atoms with Crippen LogP contribution in [-0.4, -0.2) is 265 Å². The third-order valence-electron chi connectivity index (χ3n) is 15.7. The van der Waals surface area contributed by atoms with E-state index in [0.29, 0.717) is 70.0 Å². The number of benzene rings is 2. The molecule has 6 amide bonds. The van der Waals surface area contributed by atoms with Gasteiger partial charge in [-0.15, -0.1) is 0 Å². The van der Waals surface area contributed by atoms with E-state index in [0.717, 1.165) is 14.7 Å². The lowest BCUT2D eigenvalue weighted by molar-refractivity contribution is -0.142. The fraction of sp³-hybridized carbons (Fsp3) is 0.587. The number of nitrogens with zero attached hydrogens (tertiary/aromatic N) is 4. The number of nitrogens with one attached hydrogen (secondary N) is 8. The molecule has 544 valence electrons. The molecule has 0 saturated carbocycles. The van der Waals surface area contributed by atoms with Crippen LogP contribution in [0.4, 0.5) is 10.5 Å². The molecule has 1 fully saturated rings. The number of urea groups is 1. The Bertz CT molecular complexity index is 2970. The molecule has 1 heterocycles. The van der Waals surface area contributed by atoms with Gasteiger partial charge in [0.15, 0.2) is 5.11 Å². The summed E-state index contributed by atoms with van der Waals surface area (Å²) in [5.74, 6) is -11.9. The first kappa shape index (κ1) is 83.8. The van der Waals surface area contributed by atoms with Crippen molar-refractivity contribution in [2.24, 2.45) is 0 Å². The second-order valence-corrected chi connectivity index (χ2v) is 25.3. The number of amides is 6. The molecule has 0 aromatic heterocycles. The highest BCUT2D eigenvalue weighted by molar-refractivity contribution is 14.1. The molecule has 0 bridgehead atoms. The summed E-state index contributed by atoms with van der Waals surface area (Å²) in [5, 5.41) is 98.2. The fourth-order valence-corrected chi connectivity index (χ4v) is 11.1. The van der Waals surface area contributed by atoms with Crippen molar-refractivity contribution in [1.82, 2.24) is 56.8 Å². The van der Waals surface area contributed by atoms with E-state index < -0.39 is 128 Å². The van der Waals surface area contributed by atoms with Gasteiger partial charge in [-0.3, -0.25) is 62.8 Å². The van der Waals surface area contributed by atoms with E-state index in [1.165, 1.54) is 0 Å². The lowest BCUT2D eigenvalue weighted by atomic mass is 10.0. The van der Waals surface area contributed by atoms with Crippen LogP contribution < -0.4 is 42.5 Å². The summed E-state index contributed by atoms with van der Waals surface area (Å²) in [6.45, 7) is 0.269. The Morgan fingerprint density at radius 2 is 0.898 bits per heavy atom. The zero-order valence-electron chi connectivity index (χ0n) is 54.6. The number of hydrogen-bond donors (Lipinski definition) is 16. The van der Waals surface area contributed by atoms with Gasteiger partial charge in [0, 0.05) is 100 Å². The molecule has 3 rings (SSSR count). The van der Waals surface area contributed by atoms with Crippen LogP contribution in [0.5, 0.6) is 0 Å². The zero-order valence-corrected chi connectivity index (χ0v) is 57.6. The second-order valence-electron chi connectivity index (χ2n) is 23.7. The average molecular weight is 1510 g/mol. The first-order valence-corrected chi connectivity index (χ1v) is 33.8. The lowest BCUT2D eigenvalue weighted by Crippen LogP contribution is -2.53. The van der Waals surface area contributed by atoms with Crippen LogP contribution in [0.15, 0.2) is 48.5 Å². The molecule has 35 heteroatoms. The Labute approximate surface area is 586 Å². The van der Waals surface area contributed by atoms with Gasteiger partial charge in [0.1, 0.15) is 24.2 Å². The third kappa shape index (κ3) is 37.9. The normalized spacial score (nSPS) is 15.4. The zero-order chi connectivity index (χ0) is 72.5. The highest BCUT2D eigenvalue weighted by Crippen LogP contribution is 2.18. The average Bonchev–Trinajstić information content (AvgIpc) is 0.873. The SMILES string of the molecule is O=C(O)CC[C@H](NC(=O)N[C@@H](CCC(=O)NCCCCCCCC(=O)N[C@@H](CCCCNC(=S)Nc1ccc(CC2CN(CC(=O)O)CCN(CC(=O)O)CCN(CC(=O)O)CCN2CC(=O)O)cc1)C(=O)N[C@@H](CCCCNC(=O)Cc1ccc(I)cc1)C(=O)O)C(=O)O)C(=O)O. The van der Waals surface area contributed by atoms with E-state index in [1.54, 1.807) is 43.9 Å². The largest absolute Gasteiger partial charge is 0.481 e. The van der Waals surface area contributed by atoms with Gasteiger partial charge in [0.2, 0.25) is 23.6 Å². The topological polar surface area (TPSA) is 493 Å². The van der Waals surface area contributed by atoms with Gasteiger partial charge < -0.3 is 83.4 Å². The maximum Gasteiger partial charge on any atom is 0.326 e. The van der Waals surface area contributed by atoms with Crippen LogP contribution in [-0.2, 0) is 70.4 Å². The van der Waals surface area contributed by atoms with Crippen LogP contribution >= 0.6 is 34.8 Å². The number of carboxylic acid groups (broad SMARTS) is 8. The molecule has 1 saturated heterocycles. The summed E-state index contributed by atoms with van der Waals surface area (Å²) in [5.41, 5.74) is 2.18. The molecule has 33 nitrogen and oxygen atoms in total. The molecule has 16 N–H and O–H groups in total. The Hall–Kier alpha value is -8.39. The van der Waals surface area contributed by atoms with Gasteiger partial charge in [-0.25, -0.2) is 19.2 Å². The van der Waals surface area contributed by atoms with E-state index in [1.807, 2.05) is 29.6 Å². The predicted octanol–water partition coefficient (Wildman–Crippen LogP) is 1.11. The number of halogens is 1. The summed E-state index contributed by atoms with van der Waals surface area (Å²) in [4.78, 5) is 165.